The van der Waals surface area contributed by atoms with Gasteiger partial charge in [0.05, 0.1) is 17.6 Å². The van der Waals surface area contributed by atoms with Gasteiger partial charge in [-0.2, -0.15) is 0 Å². The van der Waals surface area contributed by atoms with Crippen molar-refractivity contribution < 1.29 is 27.8 Å². The molecule has 0 aliphatic carbocycles. The number of benzene rings is 1. The second-order valence-electron chi connectivity index (χ2n) is 8.49. The maximum atomic E-state index is 13.1. The zero-order valence-corrected chi connectivity index (χ0v) is 19.5. The Bertz CT molecular complexity index is 1060. The van der Waals surface area contributed by atoms with Crippen molar-refractivity contribution >= 4 is 29.2 Å². The summed E-state index contributed by atoms with van der Waals surface area (Å²) in [4.78, 5) is 31.7. The Kier molecular flexibility index (Phi) is 7.63. The molecule has 2 aliphatic rings. The van der Waals surface area contributed by atoms with E-state index in [1.54, 1.807) is 23.1 Å². The van der Waals surface area contributed by atoms with E-state index in [0.29, 0.717) is 36.6 Å². The molecule has 1 aromatic carbocycles. The van der Waals surface area contributed by atoms with E-state index < -0.39 is 13.0 Å². The van der Waals surface area contributed by atoms with Crippen LogP contribution in [0.15, 0.2) is 30.5 Å². The zero-order valence-electron chi connectivity index (χ0n) is 18.7. The van der Waals surface area contributed by atoms with Gasteiger partial charge in [-0.15, -0.1) is 0 Å². The number of fused-ring (bicyclic) bond motifs is 1. The highest BCUT2D eigenvalue weighted by Crippen LogP contribution is 2.36. The Labute approximate surface area is 201 Å². The van der Waals surface area contributed by atoms with E-state index in [1.165, 1.54) is 12.3 Å². The summed E-state index contributed by atoms with van der Waals surface area (Å²) >= 11 is 6.21. The second-order valence-corrected chi connectivity index (χ2v) is 8.90. The molecule has 4 rings (SSSR count). The molecule has 1 fully saturated rings. The molecule has 2 aliphatic heterocycles. The fourth-order valence-corrected chi connectivity index (χ4v) is 4.54. The van der Waals surface area contributed by atoms with Crippen molar-refractivity contribution in [3.63, 3.8) is 0 Å². The van der Waals surface area contributed by atoms with Gasteiger partial charge in [0.25, 0.3) is 12.3 Å². The number of ether oxygens (including phenoxy) is 2. The quantitative estimate of drug-likeness (QED) is 0.568. The summed E-state index contributed by atoms with van der Waals surface area (Å²) in [7, 11) is 0. The molecule has 0 spiro atoms. The highest BCUT2D eigenvalue weighted by atomic mass is 35.5. The summed E-state index contributed by atoms with van der Waals surface area (Å²) in [6.45, 7) is 2.72. The number of hydrogen-bond acceptors (Lipinski definition) is 5. The molecule has 34 heavy (non-hydrogen) atoms. The lowest BCUT2D eigenvalue weighted by Gasteiger charge is -2.25. The average molecular weight is 494 g/mol. The van der Waals surface area contributed by atoms with Crippen molar-refractivity contribution in [2.45, 2.75) is 45.2 Å². The van der Waals surface area contributed by atoms with E-state index in [9.17, 15) is 18.4 Å². The first-order chi connectivity index (χ1) is 16.3. The maximum absolute atomic E-state index is 13.1. The predicted molar refractivity (Wildman–Crippen MR) is 122 cm³/mol. The Hall–Kier alpha value is -2.78. The molecule has 182 valence electrons. The molecule has 1 atom stereocenters. The van der Waals surface area contributed by atoms with Gasteiger partial charge in [-0.3, -0.25) is 9.59 Å². The summed E-state index contributed by atoms with van der Waals surface area (Å²) < 4.78 is 35.2. The van der Waals surface area contributed by atoms with Crippen molar-refractivity contribution in [3.05, 3.63) is 52.2 Å². The second kappa shape index (κ2) is 10.7. The number of alkyl halides is 2. The first-order valence-corrected chi connectivity index (χ1v) is 11.6. The fourth-order valence-electron chi connectivity index (χ4n) is 4.29. The first-order valence-electron chi connectivity index (χ1n) is 11.2. The van der Waals surface area contributed by atoms with Crippen molar-refractivity contribution in [3.8, 4) is 5.75 Å². The van der Waals surface area contributed by atoms with Gasteiger partial charge < -0.3 is 19.7 Å². The van der Waals surface area contributed by atoms with Crippen LogP contribution in [0.25, 0.3) is 0 Å². The number of rotatable bonds is 8. The molecular weight excluding hydrogens is 468 g/mol. The maximum Gasteiger partial charge on any atom is 0.272 e. The third-order valence-corrected chi connectivity index (χ3v) is 6.51. The van der Waals surface area contributed by atoms with Gasteiger partial charge in [0.2, 0.25) is 5.91 Å². The van der Waals surface area contributed by atoms with Gasteiger partial charge in [-0.1, -0.05) is 17.7 Å². The van der Waals surface area contributed by atoms with E-state index in [1.807, 2.05) is 6.92 Å². The van der Waals surface area contributed by atoms with Crippen molar-refractivity contribution in [1.82, 2.24) is 9.88 Å². The normalized spacial score (nSPS) is 17.1. The van der Waals surface area contributed by atoms with Crippen LogP contribution in [0, 0.1) is 5.92 Å². The Morgan fingerprint density at radius 2 is 2.09 bits per heavy atom. The number of anilines is 1. The third-order valence-electron chi connectivity index (χ3n) is 6.22. The highest BCUT2D eigenvalue weighted by Gasteiger charge is 2.34. The topological polar surface area (TPSA) is 80.8 Å². The highest BCUT2D eigenvalue weighted by molar-refractivity contribution is 6.32. The molecule has 1 saturated heterocycles. The molecule has 1 unspecified atom stereocenters. The van der Waals surface area contributed by atoms with Gasteiger partial charge in [-0.05, 0) is 49.4 Å². The van der Waals surface area contributed by atoms with Crippen LogP contribution in [0.2, 0.25) is 5.02 Å². The summed E-state index contributed by atoms with van der Waals surface area (Å²) in [5.41, 5.74) is 1.89. The molecule has 10 heteroatoms. The number of hydrogen-bond donors (Lipinski definition) is 1. The summed E-state index contributed by atoms with van der Waals surface area (Å²) in [6, 6.07) is 6.12. The lowest BCUT2D eigenvalue weighted by atomic mass is 9.96. The SMILES string of the molecule is CC(c1ccc(OCC(F)F)c(Cl)c1)N1Cc2c(ccnc2NC(=O)CC2CCOCC2)C1=O. The number of pyridine rings is 1. The van der Waals surface area contributed by atoms with Crippen molar-refractivity contribution in [2.24, 2.45) is 5.92 Å². The standard InChI is InChI=1S/C24H26ClF2N3O4/c1-14(16-2-3-20(19(25)11-16)34-13-21(26)27)30-12-18-17(24(30)32)4-7-28-23(18)29-22(31)10-15-5-8-33-9-6-15/h2-4,7,11,14-15,21H,5-6,8-10,12-13H2,1H3,(H,28,29,31). The van der Waals surface area contributed by atoms with Gasteiger partial charge in [-0.25, -0.2) is 13.8 Å². The van der Waals surface area contributed by atoms with Crippen molar-refractivity contribution in [1.29, 1.82) is 0 Å². The number of aromatic nitrogens is 1. The number of amides is 2. The Morgan fingerprint density at radius 3 is 2.79 bits per heavy atom. The third kappa shape index (κ3) is 5.47. The molecular formula is C24H26ClF2N3O4. The van der Waals surface area contributed by atoms with Crippen LogP contribution in [0.5, 0.6) is 5.75 Å². The van der Waals surface area contributed by atoms with E-state index in [0.717, 1.165) is 18.4 Å². The average Bonchev–Trinajstić information content (AvgIpc) is 3.15. The molecule has 7 nitrogen and oxygen atoms in total. The summed E-state index contributed by atoms with van der Waals surface area (Å²) in [5, 5.41) is 3.07. The van der Waals surface area contributed by atoms with Gasteiger partial charge in [0, 0.05) is 37.0 Å². The van der Waals surface area contributed by atoms with E-state index in [2.05, 4.69) is 10.3 Å². The van der Waals surface area contributed by atoms with E-state index in [-0.39, 0.29) is 41.1 Å². The molecule has 0 bridgehead atoms. The van der Waals surface area contributed by atoms with Gasteiger partial charge >= 0.3 is 0 Å². The van der Waals surface area contributed by atoms with Crippen LogP contribution in [0.3, 0.4) is 0 Å². The Balaban J connectivity index is 1.45. The van der Waals surface area contributed by atoms with Crippen LogP contribution < -0.4 is 10.1 Å². The molecule has 2 aromatic rings. The minimum absolute atomic E-state index is 0.127. The monoisotopic (exact) mass is 493 g/mol. The summed E-state index contributed by atoms with van der Waals surface area (Å²) in [6.07, 6.45) is 1.01. The fraction of sp³-hybridized carbons (Fsp3) is 0.458. The number of nitrogens with zero attached hydrogens (tertiary/aromatic N) is 2. The van der Waals surface area contributed by atoms with E-state index in [4.69, 9.17) is 21.1 Å². The van der Waals surface area contributed by atoms with Crippen LogP contribution in [-0.2, 0) is 16.1 Å². The zero-order chi connectivity index (χ0) is 24.2. The molecule has 1 aromatic heterocycles. The predicted octanol–water partition coefficient (Wildman–Crippen LogP) is 4.85. The van der Waals surface area contributed by atoms with E-state index >= 15 is 0 Å². The van der Waals surface area contributed by atoms with Crippen LogP contribution >= 0.6 is 11.6 Å². The molecule has 0 saturated carbocycles. The minimum Gasteiger partial charge on any atom is -0.486 e. The van der Waals surface area contributed by atoms with Crippen molar-refractivity contribution in [2.75, 3.05) is 25.1 Å². The molecule has 3 heterocycles. The first kappa shape index (κ1) is 24.3. The number of carbonyl (C=O) groups is 2. The minimum atomic E-state index is -2.60. The summed E-state index contributed by atoms with van der Waals surface area (Å²) in [5.74, 6) is 0.525. The molecule has 0 radical (unpaired) electrons. The van der Waals surface area contributed by atoms with Crippen LogP contribution in [0.4, 0.5) is 14.6 Å². The number of carbonyl (C=O) groups excluding carboxylic acids is 2. The molecule has 2 amide bonds. The number of nitrogens with one attached hydrogen (secondary N) is 1. The lowest BCUT2D eigenvalue weighted by Crippen LogP contribution is -2.27. The number of halogens is 3. The van der Waals surface area contributed by atoms with Gasteiger partial charge in [0.15, 0.2) is 0 Å². The van der Waals surface area contributed by atoms with Gasteiger partial charge in [0.1, 0.15) is 18.2 Å². The van der Waals surface area contributed by atoms with Crippen LogP contribution in [-0.4, -0.2) is 47.9 Å². The molecule has 1 N–H and O–H groups in total. The smallest absolute Gasteiger partial charge is 0.272 e. The Morgan fingerprint density at radius 1 is 1.32 bits per heavy atom. The lowest BCUT2D eigenvalue weighted by molar-refractivity contribution is -0.117. The van der Waals surface area contributed by atoms with Crippen LogP contribution in [0.1, 0.15) is 53.7 Å². The largest absolute Gasteiger partial charge is 0.486 e.